The fraction of sp³-hybridized carbons (Fsp3) is 0.467. The molecule has 0 bridgehead atoms. The number of nitrogens with zero attached hydrogens (tertiary/aromatic N) is 2. The third-order valence-electron chi connectivity index (χ3n) is 3.98. The van der Waals surface area contributed by atoms with Gasteiger partial charge in [0, 0.05) is 22.1 Å². The molecule has 1 saturated carbocycles. The predicted octanol–water partition coefficient (Wildman–Crippen LogP) is 4.26. The lowest BCUT2D eigenvalue weighted by Gasteiger charge is -2.28. The van der Waals surface area contributed by atoms with Crippen molar-refractivity contribution >= 4 is 50.9 Å². The number of halogens is 2. The smallest absolute Gasteiger partial charge is 0.224 e. The van der Waals surface area contributed by atoms with E-state index in [1.165, 1.54) is 0 Å². The van der Waals surface area contributed by atoms with E-state index in [-0.39, 0.29) is 5.28 Å². The number of rotatable bonds is 3. The van der Waals surface area contributed by atoms with Crippen LogP contribution in [0.4, 0.5) is 5.82 Å². The Kier molecular flexibility index (Phi) is 4.81. The summed E-state index contributed by atoms with van der Waals surface area (Å²) in [6.45, 7) is 0. The second-order valence-electron chi connectivity index (χ2n) is 5.36. The van der Waals surface area contributed by atoms with Crippen LogP contribution in [0, 0.1) is 3.57 Å². The maximum absolute atomic E-state index is 6.04. The van der Waals surface area contributed by atoms with Crippen molar-refractivity contribution in [3.8, 4) is 0 Å². The van der Waals surface area contributed by atoms with Crippen LogP contribution < -0.4 is 5.32 Å². The van der Waals surface area contributed by atoms with Crippen molar-refractivity contribution in [1.29, 1.82) is 0 Å². The van der Waals surface area contributed by atoms with Gasteiger partial charge in [0.25, 0.3) is 0 Å². The summed E-state index contributed by atoms with van der Waals surface area (Å²) < 4.78 is 6.58. The van der Waals surface area contributed by atoms with E-state index in [0.29, 0.717) is 12.1 Å². The monoisotopic (exact) mass is 417 g/mol. The normalized spacial score (nSPS) is 22.4. The molecule has 2 aromatic rings. The second kappa shape index (κ2) is 6.62. The highest BCUT2D eigenvalue weighted by Crippen LogP contribution is 2.28. The molecule has 1 fully saturated rings. The van der Waals surface area contributed by atoms with Crippen LogP contribution in [0.2, 0.25) is 5.28 Å². The Bertz CT molecular complexity index is 644. The van der Waals surface area contributed by atoms with E-state index in [0.717, 1.165) is 46.0 Å². The van der Waals surface area contributed by atoms with E-state index in [9.17, 15) is 0 Å². The first kappa shape index (κ1) is 15.2. The van der Waals surface area contributed by atoms with Crippen LogP contribution in [-0.2, 0) is 4.74 Å². The topological polar surface area (TPSA) is 47.0 Å². The zero-order valence-electron chi connectivity index (χ0n) is 11.8. The number of hydrogen-bond donors (Lipinski definition) is 1. The lowest BCUT2D eigenvalue weighted by atomic mass is 9.93. The van der Waals surface area contributed by atoms with E-state index >= 15 is 0 Å². The first-order chi connectivity index (χ1) is 10.2. The molecule has 0 radical (unpaired) electrons. The highest BCUT2D eigenvalue weighted by Gasteiger charge is 2.21. The maximum Gasteiger partial charge on any atom is 0.224 e. The Morgan fingerprint density at radius 1 is 1.24 bits per heavy atom. The molecule has 0 unspecified atom stereocenters. The van der Waals surface area contributed by atoms with Crippen molar-refractivity contribution in [1.82, 2.24) is 9.97 Å². The Morgan fingerprint density at radius 3 is 2.71 bits per heavy atom. The van der Waals surface area contributed by atoms with Gasteiger partial charge in [-0.15, -0.1) is 0 Å². The zero-order chi connectivity index (χ0) is 14.8. The van der Waals surface area contributed by atoms with Gasteiger partial charge >= 0.3 is 0 Å². The van der Waals surface area contributed by atoms with Crippen molar-refractivity contribution in [3.63, 3.8) is 0 Å². The van der Waals surface area contributed by atoms with Crippen molar-refractivity contribution in [2.24, 2.45) is 0 Å². The van der Waals surface area contributed by atoms with E-state index in [2.05, 4.69) is 43.9 Å². The average Bonchev–Trinajstić information content (AvgIpc) is 2.49. The zero-order valence-corrected chi connectivity index (χ0v) is 14.7. The summed E-state index contributed by atoms with van der Waals surface area (Å²) in [6.07, 6.45) is 4.75. The Balaban J connectivity index is 1.85. The van der Waals surface area contributed by atoms with E-state index in [4.69, 9.17) is 16.3 Å². The second-order valence-corrected chi connectivity index (χ2v) is 6.94. The summed E-state index contributed by atoms with van der Waals surface area (Å²) in [5.74, 6) is 0.837. The van der Waals surface area contributed by atoms with Crippen LogP contribution in [0.15, 0.2) is 18.2 Å². The van der Waals surface area contributed by atoms with Crippen LogP contribution in [0.1, 0.15) is 25.7 Å². The molecule has 6 heteroatoms. The third-order valence-corrected chi connectivity index (χ3v) is 4.82. The molecular formula is C15H17ClIN3O. The van der Waals surface area contributed by atoms with E-state index in [1.54, 1.807) is 7.11 Å². The molecule has 4 nitrogen and oxygen atoms in total. The Labute approximate surface area is 142 Å². The minimum absolute atomic E-state index is 0.289. The Morgan fingerprint density at radius 2 is 2.00 bits per heavy atom. The molecule has 1 aliphatic carbocycles. The van der Waals surface area contributed by atoms with Gasteiger partial charge in [0.1, 0.15) is 5.82 Å². The molecule has 112 valence electrons. The van der Waals surface area contributed by atoms with Crippen LogP contribution >= 0.6 is 34.2 Å². The number of nitrogens with one attached hydrogen (secondary N) is 1. The minimum atomic E-state index is 0.289. The first-order valence-electron chi connectivity index (χ1n) is 7.08. The predicted molar refractivity (Wildman–Crippen MR) is 93.9 cm³/mol. The molecule has 3 rings (SSSR count). The van der Waals surface area contributed by atoms with Gasteiger partial charge in [-0.1, -0.05) is 0 Å². The summed E-state index contributed by atoms with van der Waals surface area (Å²) >= 11 is 8.34. The molecule has 0 spiro atoms. The SMILES string of the molecule is COC1CCC(Nc2nc(Cl)nc3ccc(I)cc23)CC1. The molecule has 0 saturated heterocycles. The summed E-state index contributed by atoms with van der Waals surface area (Å²) in [4.78, 5) is 8.67. The number of anilines is 1. The highest BCUT2D eigenvalue weighted by atomic mass is 127. The van der Waals surface area contributed by atoms with Crippen LogP contribution in [0.25, 0.3) is 10.9 Å². The standard InChI is InChI=1S/C15H17ClIN3O/c1-21-11-5-3-10(4-6-11)18-14-12-8-9(17)2-7-13(12)19-15(16)20-14/h2,7-8,10-11H,3-6H2,1H3,(H,18,19,20). The van der Waals surface area contributed by atoms with Gasteiger partial charge in [0.05, 0.1) is 11.6 Å². The Hall–Kier alpha value is -0.660. The van der Waals surface area contributed by atoms with Gasteiger partial charge in [-0.3, -0.25) is 0 Å². The molecular weight excluding hydrogens is 401 g/mol. The van der Waals surface area contributed by atoms with Gasteiger partial charge in [-0.2, -0.15) is 0 Å². The number of aromatic nitrogens is 2. The molecule has 0 aliphatic heterocycles. The minimum Gasteiger partial charge on any atom is -0.381 e. The van der Waals surface area contributed by atoms with Crippen molar-refractivity contribution in [2.45, 2.75) is 37.8 Å². The van der Waals surface area contributed by atoms with Crippen LogP contribution in [0.3, 0.4) is 0 Å². The van der Waals surface area contributed by atoms with Gasteiger partial charge in [-0.05, 0) is 78.1 Å². The van der Waals surface area contributed by atoms with Crippen molar-refractivity contribution in [3.05, 3.63) is 27.1 Å². The fourth-order valence-corrected chi connectivity index (χ4v) is 3.49. The summed E-state index contributed by atoms with van der Waals surface area (Å²) in [6, 6.07) is 6.52. The lowest BCUT2D eigenvalue weighted by molar-refractivity contribution is 0.0681. The molecule has 0 atom stereocenters. The first-order valence-corrected chi connectivity index (χ1v) is 8.53. The van der Waals surface area contributed by atoms with Crippen LogP contribution in [-0.4, -0.2) is 29.2 Å². The van der Waals surface area contributed by atoms with Gasteiger partial charge in [0.15, 0.2) is 0 Å². The van der Waals surface area contributed by atoms with Gasteiger partial charge in [0.2, 0.25) is 5.28 Å². The highest BCUT2D eigenvalue weighted by molar-refractivity contribution is 14.1. The molecule has 1 N–H and O–H groups in total. The van der Waals surface area contributed by atoms with E-state index in [1.807, 2.05) is 12.1 Å². The lowest BCUT2D eigenvalue weighted by Crippen LogP contribution is -2.29. The molecule has 0 amide bonds. The molecule has 1 aromatic carbocycles. The maximum atomic E-state index is 6.04. The van der Waals surface area contributed by atoms with E-state index < -0.39 is 0 Å². The molecule has 1 aliphatic rings. The molecule has 21 heavy (non-hydrogen) atoms. The number of ether oxygens (including phenoxy) is 1. The van der Waals surface area contributed by atoms with Gasteiger partial charge in [-0.25, -0.2) is 9.97 Å². The number of methoxy groups -OCH3 is 1. The quantitative estimate of drug-likeness (QED) is 0.599. The summed E-state index contributed by atoms with van der Waals surface area (Å²) in [7, 11) is 1.79. The molecule has 1 heterocycles. The number of fused-ring (bicyclic) bond motifs is 1. The van der Waals surface area contributed by atoms with Gasteiger partial charge < -0.3 is 10.1 Å². The average molecular weight is 418 g/mol. The third kappa shape index (κ3) is 3.57. The fourth-order valence-electron chi connectivity index (χ4n) is 2.82. The van der Waals surface area contributed by atoms with Crippen molar-refractivity contribution in [2.75, 3.05) is 12.4 Å². The number of hydrogen-bond acceptors (Lipinski definition) is 4. The molecule has 1 aromatic heterocycles. The van der Waals surface area contributed by atoms with Crippen molar-refractivity contribution < 1.29 is 4.74 Å². The number of benzene rings is 1. The summed E-state index contributed by atoms with van der Waals surface area (Å²) in [5.41, 5.74) is 0.878. The van der Waals surface area contributed by atoms with Crippen LogP contribution in [0.5, 0.6) is 0 Å². The largest absolute Gasteiger partial charge is 0.381 e. The summed E-state index contributed by atoms with van der Waals surface area (Å²) in [5, 5.41) is 4.86.